The fraction of sp³-hybridized carbons (Fsp3) is 0.632. The van der Waals surface area contributed by atoms with Gasteiger partial charge in [-0.3, -0.25) is 9.59 Å². The normalized spacial score (nSPS) is 25.2. The number of nitrogens with zero attached hydrogens (tertiary/aromatic N) is 2. The summed E-state index contributed by atoms with van der Waals surface area (Å²) in [5.74, 6) is -0.134. The fourth-order valence-corrected chi connectivity index (χ4v) is 4.10. The highest BCUT2D eigenvalue weighted by Gasteiger charge is 2.38. The predicted molar refractivity (Wildman–Crippen MR) is 87.4 cm³/mol. The van der Waals surface area contributed by atoms with Crippen LogP contribution in [0.3, 0.4) is 0 Å². The standard InChI is InChI=1S/C19H24N2O2/c1-19(2)10-13(18-16(22)6-5-7-17(18)23)14(12-20)15(11-19)21-8-3-4-9-21/h3-11H2,1-2H3. The van der Waals surface area contributed by atoms with Crippen LogP contribution in [0.1, 0.15) is 58.8 Å². The molecule has 0 amide bonds. The molecule has 122 valence electrons. The minimum Gasteiger partial charge on any atom is -0.374 e. The number of rotatable bonds is 1. The van der Waals surface area contributed by atoms with E-state index in [4.69, 9.17) is 0 Å². The molecule has 0 atom stereocenters. The molecule has 0 aromatic rings. The number of carbonyl (C=O) groups excluding carboxylic acids is 2. The maximum absolute atomic E-state index is 12.4. The van der Waals surface area contributed by atoms with Crippen molar-refractivity contribution in [2.75, 3.05) is 13.1 Å². The third kappa shape index (κ3) is 2.97. The Morgan fingerprint density at radius 2 is 1.61 bits per heavy atom. The van der Waals surface area contributed by atoms with Crippen molar-refractivity contribution in [3.8, 4) is 6.07 Å². The molecule has 0 spiro atoms. The van der Waals surface area contributed by atoms with Gasteiger partial charge in [0, 0.05) is 31.6 Å². The van der Waals surface area contributed by atoms with E-state index in [1.165, 1.54) is 0 Å². The minimum absolute atomic E-state index is 0.0292. The van der Waals surface area contributed by atoms with Crippen LogP contribution in [0, 0.1) is 16.7 Å². The number of Topliss-reactive ketones (excluding diaryl/α,β-unsaturated/α-hetero) is 2. The van der Waals surface area contributed by atoms with Gasteiger partial charge in [0.15, 0.2) is 11.6 Å². The molecule has 1 aliphatic heterocycles. The molecule has 3 aliphatic rings. The average Bonchev–Trinajstić information content (AvgIpc) is 2.99. The van der Waals surface area contributed by atoms with Crippen LogP contribution >= 0.6 is 0 Å². The monoisotopic (exact) mass is 312 g/mol. The third-order valence-electron chi connectivity index (χ3n) is 5.16. The third-order valence-corrected chi connectivity index (χ3v) is 5.16. The van der Waals surface area contributed by atoms with E-state index in [1.54, 1.807) is 0 Å². The van der Waals surface area contributed by atoms with Crippen molar-refractivity contribution < 1.29 is 9.59 Å². The topological polar surface area (TPSA) is 61.2 Å². The molecule has 1 saturated heterocycles. The van der Waals surface area contributed by atoms with E-state index in [9.17, 15) is 14.9 Å². The minimum atomic E-state index is -0.0672. The van der Waals surface area contributed by atoms with Crippen molar-refractivity contribution in [3.63, 3.8) is 0 Å². The number of hydrogen-bond donors (Lipinski definition) is 0. The summed E-state index contributed by atoms with van der Waals surface area (Å²) in [4.78, 5) is 27.0. The molecule has 4 nitrogen and oxygen atoms in total. The van der Waals surface area contributed by atoms with Crippen LogP contribution in [0.4, 0.5) is 0 Å². The molecule has 3 rings (SSSR count). The quantitative estimate of drug-likeness (QED) is 0.550. The van der Waals surface area contributed by atoms with Crippen molar-refractivity contribution in [2.24, 2.45) is 5.41 Å². The summed E-state index contributed by atoms with van der Waals surface area (Å²) in [5.41, 5.74) is 2.68. The zero-order valence-electron chi connectivity index (χ0n) is 14.1. The van der Waals surface area contributed by atoms with Gasteiger partial charge in [-0.2, -0.15) is 5.26 Å². The van der Waals surface area contributed by atoms with Gasteiger partial charge in [-0.05, 0) is 43.1 Å². The maximum Gasteiger partial charge on any atom is 0.166 e. The number of likely N-dealkylation sites (tertiary alicyclic amines) is 1. The van der Waals surface area contributed by atoms with E-state index in [2.05, 4.69) is 24.8 Å². The van der Waals surface area contributed by atoms with Gasteiger partial charge >= 0.3 is 0 Å². The Hall–Kier alpha value is -1.89. The van der Waals surface area contributed by atoms with Crippen molar-refractivity contribution in [3.05, 3.63) is 22.4 Å². The second kappa shape index (κ2) is 5.96. The zero-order chi connectivity index (χ0) is 16.6. The lowest BCUT2D eigenvalue weighted by molar-refractivity contribution is -0.123. The highest BCUT2D eigenvalue weighted by atomic mass is 16.1. The van der Waals surface area contributed by atoms with Gasteiger partial charge in [-0.15, -0.1) is 0 Å². The van der Waals surface area contributed by atoms with Gasteiger partial charge in [0.1, 0.15) is 6.07 Å². The Bertz CT molecular complexity index is 637. The molecule has 0 bridgehead atoms. The molecule has 0 aromatic heterocycles. The summed E-state index contributed by atoms with van der Waals surface area (Å²) in [7, 11) is 0. The van der Waals surface area contributed by atoms with Crippen LogP contribution in [0.15, 0.2) is 22.4 Å². The summed E-state index contributed by atoms with van der Waals surface area (Å²) in [6.45, 7) is 6.27. The second-order valence-corrected chi connectivity index (χ2v) is 7.70. The molecular weight excluding hydrogens is 288 g/mol. The van der Waals surface area contributed by atoms with E-state index in [1.807, 2.05) is 0 Å². The van der Waals surface area contributed by atoms with E-state index in [0.29, 0.717) is 36.8 Å². The van der Waals surface area contributed by atoms with Crippen molar-refractivity contribution in [1.29, 1.82) is 5.26 Å². The molecule has 0 unspecified atom stereocenters. The van der Waals surface area contributed by atoms with Crippen LogP contribution in [0.25, 0.3) is 0 Å². The van der Waals surface area contributed by atoms with Crippen molar-refractivity contribution in [1.82, 2.24) is 4.90 Å². The summed E-state index contributed by atoms with van der Waals surface area (Å²) < 4.78 is 0. The molecule has 23 heavy (non-hydrogen) atoms. The zero-order valence-corrected chi connectivity index (χ0v) is 14.1. The molecule has 4 heteroatoms. The van der Waals surface area contributed by atoms with Gasteiger partial charge in [0.25, 0.3) is 0 Å². The second-order valence-electron chi connectivity index (χ2n) is 7.70. The van der Waals surface area contributed by atoms with Gasteiger partial charge in [-0.1, -0.05) is 13.8 Å². The SMILES string of the molecule is CC1(C)CC(=C2C(=O)CCCC2=O)C(C#N)=C(N2CCCC2)C1. The summed E-state index contributed by atoms with van der Waals surface area (Å²) in [6, 6.07) is 2.33. The first-order valence-corrected chi connectivity index (χ1v) is 8.61. The van der Waals surface area contributed by atoms with Crippen LogP contribution in [0.5, 0.6) is 0 Å². The molecule has 0 aromatic carbocycles. The Balaban J connectivity index is 2.17. The highest BCUT2D eigenvalue weighted by Crippen LogP contribution is 2.45. The van der Waals surface area contributed by atoms with E-state index >= 15 is 0 Å². The lowest BCUT2D eigenvalue weighted by Crippen LogP contribution is -2.32. The molecule has 2 fully saturated rings. The van der Waals surface area contributed by atoms with Gasteiger partial charge in [0.2, 0.25) is 0 Å². The van der Waals surface area contributed by atoms with Gasteiger partial charge in [-0.25, -0.2) is 0 Å². The Kier molecular flexibility index (Phi) is 4.14. The van der Waals surface area contributed by atoms with Gasteiger partial charge in [0.05, 0.1) is 11.1 Å². The number of ketones is 2. The van der Waals surface area contributed by atoms with E-state index in [0.717, 1.165) is 43.6 Å². The van der Waals surface area contributed by atoms with Crippen LogP contribution in [0.2, 0.25) is 0 Å². The number of allylic oxidation sites excluding steroid dienone is 4. The predicted octanol–water partition coefficient (Wildman–Crippen LogP) is 3.30. The average molecular weight is 312 g/mol. The van der Waals surface area contributed by atoms with E-state index < -0.39 is 0 Å². The fourth-order valence-electron chi connectivity index (χ4n) is 4.10. The molecule has 2 aliphatic carbocycles. The number of carbonyl (C=O) groups is 2. The number of hydrogen-bond acceptors (Lipinski definition) is 4. The number of nitriles is 1. The largest absolute Gasteiger partial charge is 0.374 e. The molecular formula is C19H24N2O2. The molecule has 1 saturated carbocycles. The highest BCUT2D eigenvalue weighted by molar-refractivity contribution is 6.22. The smallest absolute Gasteiger partial charge is 0.166 e. The summed E-state index contributed by atoms with van der Waals surface area (Å²) >= 11 is 0. The molecule has 0 radical (unpaired) electrons. The maximum atomic E-state index is 12.4. The lowest BCUT2D eigenvalue weighted by atomic mass is 9.70. The van der Waals surface area contributed by atoms with Crippen molar-refractivity contribution >= 4 is 11.6 Å². The summed E-state index contributed by atoms with van der Waals surface area (Å²) in [6.07, 6.45) is 5.28. The van der Waals surface area contributed by atoms with Gasteiger partial charge < -0.3 is 4.90 Å². The Morgan fingerprint density at radius 1 is 1.00 bits per heavy atom. The summed E-state index contributed by atoms with van der Waals surface area (Å²) in [5, 5.41) is 9.77. The molecule has 0 N–H and O–H groups in total. The first-order chi connectivity index (χ1) is 10.9. The molecule has 1 heterocycles. The Morgan fingerprint density at radius 3 is 2.17 bits per heavy atom. The van der Waals surface area contributed by atoms with E-state index in [-0.39, 0.29) is 17.0 Å². The van der Waals surface area contributed by atoms with Crippen LogP contribution in [-0.2, 0) is 9.59 Å². The Labute approximate surface area is 137 Å². The van der Waals surface area contributed by atoms with Crippen LogP contribution < -0.4 is 0 Å². The van der Waals surface area contributed by atoms with Crippen LogP contribution in [-0.4, -0.2) is 29.6 Å². The first-order valence-electron chi connectivity index (χ1n) is 8.61. The first kappa shape index (κ1) is 16.0. The van der Waals surface area contributed by atoms with Crippen molar-refractivity contribution in [2.45, 2.75) is 58.8 Å². The lowest BCUT2D eigenvalue weighted by Gasteiger charge is -2.38.